The number of barbiturate groups is 1. The van der Waals surface area contributed by atoms with Crippen LogP contribution in [0.5, 0.6) is 0 Å². The van der Waals surface area contributed by atoms with Crippen LogP contribution in [0.3, 0.4) is 0 Å². The lowest BCUT2D eigenvalue weighted by Crippen LogP contribution is -2.73. The Labute approximate surface area is 154 Å². The summed E-state index contributed by atoms with van der Waals surface area (Å²) in [5.41, 5.74) is -0.369. The Hall–Kier alpha value is -3.01. The third-order valence-electron chi connectivity index (χ3n) is 5.70. The Kier molecular flexibility index (Phi) is 3.70. The zero-order chi connectivity index (χ0) is 19.5. The average Bonchev–Trinajstić information content (AvgIpc) is 2.68. The fourth-order valence-electron chi connectivity index (χ4n) is 4.35. The van der Waals surface area contributed by atoms with E-state index in [2.05, 4.69) is 0 Å². The second-order valence-electron chi connectivity index (χ2n) is 7.01. The maximum Gasteiger partial charge on any atom is 0.332 e. The number of hydrogen-bond donors (Lipinski definition) is 0. The van der Waals surface area contributed by atoms with Crippen LogP contribution < -0.4 is 4.90 Å². The van der Waals surface area contributed by atoms with Crippen LogP contribution in [0.25, 0.3) is 0 Å². The highest BCUT2D eigenvalue weighted by molar-refractivity contribution is 6.20. The molecular formula is C17H18N4O6. The van der Waals surface area contributed by atoms with E-state index in [0.717, 1.165) is 15.5 Å². The van der Waals surface area contributed by atoms with Crippen LogP contribution >= 0.6 is 0 Å². The first kappa shape index (κ1) is 17.4. The van der Waals surface area contributed by atoms with Crippen LogP contribution in [-0.2, 0) is 20.7 Å². The zero-order valence-electron chi connectivity index (χ0n) is 14.9. The molecule has 10 heteroatoms. The van der Waals surface area contributed by atoms with Gasteiger partial charge in [0.25, 0.3) is 5.69 Å². The van der Waals surface area contributed by atoms with E-state index in [9.17, 15) is 24.5 Å². The molecule has 2 saturated heterocycles. The molecule has 1 atom stereocenters. The van der Waals surface area contributed by atoms with Crippen LogP contribution in [0, 0.1) is 15.5 Å². The SMILES string of the molecule is CN1C(=O)N(C)C(=O)C2(Cc3cc([N+](=O)[O-])ccc3N3CCOC[C@@H]32)C1=O. The van der Waals surface area contributed by atoms with Crippen molar-refractivity contribution in [1.82, 2.24) is 9.80 Å². The van der Waals surface area contributed by atoms with Crippen molar-refractivity contribution in [3.63, 3.8) is 0 Å². The summed E-state index contributed by atoms with van der Waals surface area (Å²) in [6, 6.07) is 3.19. The largest absolute Gasteiger partial charge is 0.377 e. The summed E-state index contributed by atoms with van der Waals surface area (Å²) in [6.07, 6.45) is -0.0197. The smallest absolute Gasteiger partial charge is 0.332 e. The molecule has 0 aromatic heterocycles. The van der Waals surface area contributed by atoms with Gasteiger partial charge in [-0.15, -0.1) is 0 Å². The summed E-state index contributed by atoms with van der Waals surface area (Å²) in [4.78, 5) is 53.0. The molecule has 4 rings (SSSR count). The van der Waals surface area contributed by atoms with Gasteiger partial charge in [-0.05, 0) is 11.6 Å². The topological polar surface area (TPSA) is 113 Å². The second kappa shape index (κ2) is 5.74. The van der Waals surface area contributed by atoms with E-state index in [0.29, 0.717) is 18.7 Å². The molecule has 2 fully saturated rings. The number of imide groups is 2. The quantitative estimate of drug-likeness (QED) is 0.397. The number of urea groups is 1. The molecule has 0 aliphatic carbocycles. The fourth-order valence-corrected chi connectivity index (χ4v) is 4.35. The van der Waals surface area contributed by atoms with Gasteiger partial charge in [0.15, 0.2) is 5.41 Å². The fraction of sp³-hybridized carbons (Fsp3) is 0.471. The first-order valence-corrected chi connectivity index (χ1v) is 8.51. The third-order valence-corrected chi connectivity index (χ3v) is 5.70. The van der Waals surface area contributed by atoms with E-state index in [1.807, 2.05) is 4.90 Å². The van der Waals surface area contributed by atoms with Crippen molar-refractivity contribution < 1.29 is 24.0 Å². The van der Waals surface area contributed by atoms with Gasteiger partial charge in [-0.25, -0.2) is 4.79 Å². The molecule has 0 saturated carbocycles. The standard InChI is InChI=1S/C17H18N4O6/c1-18-14(22)17(15(23)19(2)16(18)24)8-10-7-11(21(25)26)3-4-12(10)20-5-6-27-9-13(17)20/h3-4,7,13H,5-6,8-9H2,1-2H3/t13-/m1/s1. The molecule has 4 amide bonds. The van der Waals surface area contributed by atoms with Gasteiger partial charge < -0.3 is 9.64 Å². The summed E-state index contributed by atoms with van der Waals surface area (Å²) in [5, 5.41) is 11.2. The number of fused-ring (bicyclic) bond motifs is 4. The molecule has 3 aliphatic heterocycles. The molecule has 1 aromatic rings. The minimum Gasteiger partial charge on any atom is -0.377 e. The normalized spacial score (nSPS) is 24.1. The molecule has 142 valence electrons. The summed E-state index contributed by atoms with van der Waals surface area (Å²) in [5.74, 6) is -1.21. The number of ether oxygens (including phenoxy) is 1. The van der Waals surface area contributed by atoms with Gasteiger partial charge in [0, 0.05) is 44.9 Å². The molecule has 0 bridgehead atoms. The van der Waals surface area contributed by atoms with Crippen LogP contribution in [0.15, 0.2) is 18.2 Å². The first-order valence-electron chi connectivity index (χ1n) is 8.51. The minimum atomic E-state index is -1.56. The number of nitro groups is 1. The van der Waals surface area contributed by atoms with E-state index < -0.39 is 34.2 Å². The number of carbonyl (C=O) groups excluding carboxylic acids is 3. The highest BCUT2D eigenvalue weighted by Gasteiger charge is 2.63. The summed E-state index contributed by atoms with van der Waals surface area (Å²) < 4.78 is 5.56. The van der Waals surface area contributed by atoms with Crippen molar-refractivity contribution in [3.05, 3.63) is 33.9 Å². The lowest BCUT2D eigenvalue weighted by Gasteiger charge is -2.54. The Balaban J connectivity index is 1.92. The van der Waals surface area contributed by atoms with Crippen molar-refractivity contribution in [1.29, 1.82) is 0 Å². The van der Waals surface area contributed by atoms with Gasteiger partial charge >= 0.3 is 6.03 Å². The number of anilines is 1. The van der Waals surface area contributed by atoms with Crippen molar-refractivity contribution in [2.24, 2.45) is 5.41 Å². The molecular weight excluding hydrogens is 356 g/mol. The monoisotopic (exact) mass is 374 g/mol. The van der Waals surface area contributed by atoms with Crippen LogP contribution in [-0.4, -0.2) is 72.5 Å². The Morgan fingerprint density at radius 2 is 1.85 bits per heavy atom. The number of non-ortho nitro benzene ring substituents is 1. The van der Waals surface area contributed by atoms with Gasteiger partial charge in [0.1, 0.15) is 0 Å². The molecule has 1 spiro atoms. The lowest BCUT2D eigenvalue weighted by molar-refractivity contribution is -0.384. The number of amides is 4. The van der Waals surface area contributed by atoms with Gasteiger partial charge in [-0.2, -0.15) is 0 Å². The Bertz CT molecular complexity index is 860. The molecule has 0 N–H and O–H groups in total. The zero-order valence-corrected chi connectivity index (χ0v) is 14.9. The Morgan fingerprint density at radius 3 is 2.48 bits per heavy atom. The highest BCUT2D eigenvalue weighted by atomic mass is 16.6. The number of morpholine rings is 1. The summed E-state index contributed by atoms with van der Waals surface area (Å²) in [7, 11) is 2.68. The van der Waals surface area contributed by atoms with Crippen LogP contribution in [0.1, 0.15) is 5.56 Å². The minimum absolute atomic E-state index is 0.0197. The molecule has 0 unspecified atom stereocenters. The molecule has 3 heterocycles. The molecule has 3 aliphatic rings. The van der Waals surface area contributed by atoms with Crippen molar-refractivity contribution >= 4 is 29.2 Å². The van der Waals surface area contributed by atoms with Gasteiger partial charge in [0.2, 0.25) is 11.8 Å². The highest BCUT2D eigenvalue weighted by Crippen LogP contribution is 2.47. The van der Waals surface area contributed by atoms with Crippen molar-refractivity contribution in [2.75, 3.05) is 38.8 Å². The van der Waals surface area contributed by atoms with Crippen LogP contribution in [0.4, 0.5) is 16.2 Å². The predicted molar refractivity (Wildman–Crippen MR) is 92.1 cm³/mol. The summed E-state index contributed by atoms with van der Waals surface area (Å²) in [6.45, 7) is 1.01. The van der Waals surface area contributed by atoms with E-state index in [4.69, 9.17) is 4.74 Å². The number of hydrogen-bond acceptors (Lipinski definition) is 7. The van der Waals surface area contributed by atoms with Crippen molar-refractivity contribution in [3.8, 4) is 0 Å². The number of benzene rings is 1. The summed E-state index contributed by atoms with van der Waals surface area (Å²) >= 11 is 0. The first-order chi connectivity index (χ1) is 12.8. The maximum atomic E-state index is 13.2. The lowest BCUT2D eigenvalue weighted by atomic mass is 9.68. The predicted octanol–water partition coefficient (Wildman–Crippen LogP) is 0.393. The third kappa shape index (κ3) is 2.19. The molecule has 27 heavy (non-hydrogen) atoms. The average molecular weight is 374 g/mol. The number of nitrogens with zero attached hydrogens (tertiary/aromatic N) is 4. The van der Waals surface area contributed by atoms with E-state index >= 15 is 0 Å². The van der Waals surface area contributed by atoms with Gasteiger partial charge in [-0.1, -0.05) is 0 Å². The second-order valence-corrected chi connectivity index (χ2v) is 7.01. The molecule has 0 radical (unpaired) electrons. The van der Waals surface area contributed by atoms with E-state index in [-0.39, 0.29) is 18.7 Å². The number of carbonyl (C=O) groups is 3. The molecule has 1 aromatic carbocycles. The van der Waals surface area contributed by atoms with E-state index in [1.54, 1.807) is 6.07 Å². The van der Waals surface area contributed by atoms with Gasteiger partial charge in [-0.3, -0.25) is 29.5 Å². The van der Waals surface area contributed by atoms with Crippen LogP contribution in [0.2, 0.25) is 0 Å². The van der Waals surface area contributed by atoms with Gasteiger partial charge in [0.05, 0.1) is 24.2 Å². The maximum absolute atomic E-state index is 13.2. The Morgan fingerprint density at radius 1 is 1.19 bits per heavy atom. The number of nitro benzene ring substituents is 1. The van der Waals surface area contributed by atoms with E-state index in [1.165, 1.54) is 26.2 Å². The molecule has 10 nitrogen and oxygen atoms in total. The van der Waals surface area contributed by atoms with Crippen molar-refractivity contribution in [2.45, 2.75) is 12.5 Å². The number of rotatable bonds is 1.